The lowest BCUT2D eigenvalue weighted by Crippen LogP contribution is -2.22. The summed E-state index contributed by atoms with van der Waals surface area (Å²) in [6, 6.07) is 13.1. The van der Waals surface area contributed by atoms with Crippen molar-refractivity contribution in [2.75, 3.05) is 24.3 Å². The van der Waals surface area contributed by atoms with Gasteiger partial charge in [-0.25, -0.2) is 4.39 Å². The Morgan fingerprint density at radius 3 is 2.60 bits per heavy atom. The Balaban J connectivity index is 1.78. The van der Waals surface area contributed by atoms with E-state index >= 15 is 0 Å². The number of anilines is 1. The van der Waals surface area contributed by atoms with Crippen LogP contribution in [0, 0.1) is 5.82 Å². The van der Waals surface area contributed by atoms with Crippen molar-refractivity contribution < 1.29 is 23.5 Å². The molecule has 2 rings (SSSR count). The summed E-state index contributed by atoms with van der Waals surface area (Å²) in [5.41, 5.74) is 0.506. The van der Waals surface area contributed by atoms with Crippen LogP contribution < -0.4 is 10.1 Å². The highest BCUT2D eigenvalue weighted by molar-refractivity contribution is 8.00. The number of nitrogens with one attached hydrogen (secondary N) is 1. The topological polar surface area (TPSA) is 64.6 Å². The van der Waals surface area contributed by atoms with Gasteiger partial charge in [0.1, 0.15) is 11.6 Å². The number of thioether (sulfide) groups is 1. The van der Waals surface area contributed by atoms with Gasteiger partial charge in [-0.3, -0.25) is 9.59 Å². The second-order valence-electron chi connectivity index (χ2n) is 4.86. The van der Waals surface area contributed by atoms with Crippen molar-refractivity contribution in [3.63, 3.8) is 0 Å². The minimum absolute atomic E-state index is 0.0796. The number of carbonyl (C=O) groups excluding carboxylic acids is 2. The van der Waals surface area contributed by atoms with Crippen molar-refractivity contribution in [1.29, 1.82) is 0 Å². The summed E-state index contributed by atoms with van der Waals surface area (Å²) in [6.45, 7) is 1.89. The second-order valence-corrected chi connectivity index (χ2v) is 5.87. The van der Waals surface area contributed by atoms with Gasteiger partial charge in [-0.15, -0.1) is 11.8 Å². The summed E-state index contributed by atoms with van der Waals surface area (Å²) in [5.74, 6) is -1.01. The zero-order valence-electron chi connectivity index (χ0n) is 13.7. The molecule has 0 heterocycles. The number of amides is 1. The third kappa shape index (κ3) is 6.11. The van der Waals surface area contributed by atoms with Crippen LogP contribution in [-0.2, 0) is 14.3 Å². The maximum absolute atomic E-state index is 13.4. The fourth-order valence-electron chi connectivity index (χ4n) is 1.92. The molecule has 0 atom stereocenters. The number of halogens is 1. The van der Waals surface area contributed by atoms with Crippen LogP contribution in [0.25, 0.3) is 0 Å². The fourth-order valence-corrected chi connectivity index (χ4v) is 2.66. The fraction of sp³-hybridized carbons (Fsp3) is 0.222. The van der Waals surface area contributed by atoms with Crippen LogP contribution in [0.15, 0.2) is 53.4 Å². The SMILES string of the molecule is CCOc1ccccc1NC(=O)COC(=O)CSc1ccccc1F. The average molecular weight is 363 g/mol. The molecule has 1 amide bonds. The Morgan fingerprint density at radius 2 is 1.84 bits per heavy atom. The van der Waals surface area contributed by atoms with Gasteiger partial charge in [-0.1, -0.05) is 24.3 Å². The van der Waals surface area contributed by atoms with Crippen molar-refractivity contribution >= 4 is 29.3 Å². The van der Waals surface area contributed by atoms with E-state index in [1.54, 1.807) is 42.5 Å². The lowest BCUT2D eigenvalue weighted by molar-refractivity contribution is -0.144. The van der Waals surface area contributed by atoms with E-state index in [0.29, 0.717) is 22.9 Å². The molecule has 0 aliphatic heterocycles. The van der Waals surface area contributed by atoms with E-state index in [4.69, 9.17) is 9.47 Å². The highest BCUT2D eigenvalue weighted by Gasteiger charge is 2.11. The van der Waals surface area contributed by atoms with Gasteiger partial charge in [0.15, 0.2) is 6.61 Å². The van der Waals surface area contributed by atoms with Crippen LogP contribution in [0.2, 0.25) is 0 Å². The highest BCUT2D eigenvalue weighted by Crippen LogP contribution is 2.23. The number of hydrogen-bond acceptors (Lipinski definition) is 5. The second kappa shape index (κ2) is 9.68. The first-order valence-corrected chi connectivity index (χ1v) is 8.63. The normalized spacial score (nSPS) is 10.2. The van der Waals surface area contributed by atoms with Crippen molar-refractivity contribution in [3.05, 3.63) is 54.3 Å². The standard InChI is InChI=1S/C18H18FNO4S/c1-2-23-15-9-5-4-8-14(15)20-17(21)11-24-18(22)12-25-16-10-6-3-7-13(16)19/h3-10H,2,11-12H2,1H3,(H,20,21). The van der Waals surface area contributed by atoms with Crippen LogP contribution in [-0.4, -0.2) is 30.8 Å². The minimum Gasteiger partial charge on any atom is -0.492 e. The van der Waals surface area contributed by atoms with Gasteiger partial charge in [0.25, 0.3) is 5.91 Å². The zero-order chi connectivity index (χ0) is 18.1. The van der Waals surface area contributed by atoms with Gasteiger partial charge in [0, 0.05) is 4.90 Å². The van der Waals surface area contributed by atoms with Gasteiger partial charge in [-0.2, -0.15) is 0 Å². The predicted octanol–water partition coefficient (Wildman–Crippen LogP) is 3.50. The minimum atomic E-state index is -0.596. The first-order chi connectivity index (χ1) is 12.1. The summed E-state index contributed by atoms with van der Waals surface area (Å²) in [4.78, 5) is 23.9. The number of hydrogen-bond donors (Lipinski definition) is 1. The first-order valence-electron chi connectivity index (χ1n) is 7.64. The molecule has 0 saturated heterocycles. The van der Waals surface area contributed by atoms with Gasteiger partial charge < -0.3 is 14.8 Å². The maximum atomic E-state index is 13.4. The van der Waals surface area contributed by atoms with Crippen molar-refractivity contribution in [3.8, 4) is 5.75 Å². The summed E-state index contributed by atoms with van der Waals surface area (Å²) in [5, 5.41) is 2.63. The molecule has 0 aliphatic rings. The molecule has 0 bridgehead atoms. The zero-order valence-corrected chi connectivity index (χ0v) is 14.5. The van der Waals surface area contributed by atoms with E-state index in [9.17, 15) is 14.0 Å². The summed E-state index contributed by atoms with van der Waals surface area (Å²) < 4.78 is 23.8. The Hall–Kier alpha value is -2.54. The van der Waals surface area contributed by atoms with Crippen molar-refractivity contribution in [2.24, 2.45) is 0 Å². The molecule has 0 spiro atoms. The Bertz CT molecular complexity index is 739. The number of esters is 1. The molecule has 7 heteroatoms. The molecule has 1 N–H and O–H groups in total. The molecule has 132 valence electrons. The molecule has 0 aliphatic carbocycles. The Labute approximate surface area is 149 Å². The Kier molecular flexibility index (Phi) is 7.28. The smallest absolute Gasteiger partial charge is 0.316 e. The summed E-state index contributed by atoms with van der Waals surface area (Å²) in [6.07, 6.45) is 0. The van der Waals surface area contributed by atoms with E-state index in [1.807, 2.05) is 6.92 Å². The van der Waals surface area contributed by atoms with Gasteiger partial charge in [0.2, 0.25) is 0 Å². The lowest BCUT2D eigenvalue weighted by Gasteiger charge is -2.11. The van der Waals surface area contributed by atoms with Crippen molar-refractivity contribution in [1.82, 2.24) is 0 Å². The number of rotatable bonds is 8. The third-order valence-corrected chi connectivity index (χ3v) is 4.03. The van der Waals surface area contributed by atoms with Gasteiger partial charge in [-0.05, 0) is 31.2 Å². The van der Waals surface area contributed by atoms with Crippen LogP contribution in [0.3, 0.4) is 0 Å². The quantitative estimate of drug-likeness (QED) is 0.574. The number of carbonyl (C=O) groups is 2. The Morgan fingerprint density at radius 1 is 1.12 bits per heavy atom. The van der Waals surface area contributed by atoms with Crippen LogP contribution in [0.4, 0.5) is 10.1 Å². The third-order valence-electron chi connectivity index (χ3n) is 3.01. The lowest BCUT2D eigenvalue weighted by atomic mass is 10.3. The number of benzene rings is 2. The summed E-state index contributed by atoms with van der Waals surface area (Å²) in [7, 11) is 0. The molecule has 5 nitrogen and oxygen atoms in total. The average Bonchev–Trinajstić information content (AvgIpc) is 2.61. The van der Waals surface area contributed by atoms with E-state index in [-0.39, 0.29) is 5.75 Å². The van der Waals surface area contributed by atoms with Crippen LogP contribution in [0.5, 0.6) is 5.75 Å². The van der Waals surface area contributed by atoms with E-state index in [0.717, 1.165) is 11.8 Å². The van der Waals surface area contributed by atoms with Gasteiger partial charge in [0.05, 0.1) is 18.0 Å². The molecular formula is C18H18FNO4S. The highest BCUT2D eigenvalue weighted by atomic mass is 32.2. The van der Waals surface area contributed by atoms with Crippen molar-refractivity contribution in [2.45, 2.75) is 11.8 Å². The molecular weight excluding hydrogens is 345 g/mol. The molecule has 2 aromatic carbocycles. The van der Waals surface area contributed by atoms with E-state index in [1.165, 1.54) is 6.07 Å². The molecule has 2 aromatic rings. The van der Waals surface area contributed by atoms with Crippen LogP contribution >= 0.6 is 11.8 Å². The molecule has 0 aromatic heterocycles. The van der Waals surface area contributed by atoms with E-state index in [2.05, 4.69) is 5.32 Å². The predicted molar refractivity (Wildman–Crippen MR) is 94.3 cm³/mol. The molecule has 0 unspecified atom stereocenters. The largest absolute Gasteiger partial charge is 0.492 e. The first kappa shape index (κ1) is 18.8. The molecule has 0 radical (unpaired) electrons. The van der Waals surface area contributed by atoms with Gasteiger partial charge >= 0.3 is 5.97 Å². The maximum Gasteiger partial charge on any atom is 0.316 e. The number of ether oxygens (including phenoxy) is 2. The molecule has 0 saturated carbocycles. The number of para-hydroxylation sites is 2. The summed E-state index contributed by atoms with van der Waals surface area (Å²) >= 11 is 1.02. The van der Waals surface area contributed by atoms with E-state index < -0.39 is 24.3 Å². The monoisotopic (exact) mass is 363 g/mol. The molecule has 25 heavy (non-hydrogen) atoms. The molecule has 0 fully saturated rings. The van der Waals surface area contributed by atoms with Crippen LogP contribution in [0.1, 0.15) is 6.92 Å².